The van der Waals surface area contributed by atoms with Crippen molar-refractivity contribution >= 4 is 23.1 Å². The Bertz CT molecular complexity index is 718. The molecule has 5 N–H and O–H groups in total. The topological polar surface area (TPSA) is 118 Å². The Kier molecular flexibility index (Phi) is 3.53. The summed E-state index contributed by atoms with van der Waals surface area (Å²) in [6.45, 7) is 1.88. The van der Waals surface area contributed by atoms with Crippen molar-refractivity contribution in [2.24, 2.45) is 5.73 Å². The second-order valence-corrected chi connectivity index (χ2v) is 4.30. The Balaban J connectivity index is 2.45. The Morgan fingerprint density at radius 3 is 2.80 bits per heavy atom. The summed E-state index contributed by atoms with van der Waals surface area (Å²) < 4.78 is 0. The highest BCUT2D eigenvalue weighted by Crippen LogP contribution is 2.23. The first-order valence-electron chi connectivity index (χ1n) is 5.84. The van der Waals surface area contributed by atoms with E-state index < -0.39 is 5.91 Å². The minimum Gasteiger partial charge on any atom is -0.397 e. The highest BCUT2D eigenvalue weighted by Gasteiger charge is 2.11. The van der Waals surface area contributed by atoms with Crippen LogP contribution in [0.4, 0.5) is 17.2 Å². The lowest BCUT2D eigenvalue weighted by Gasteiger charge is -2.12. The van der Waals surface area contributed by atoms with Gasteiger partial charge in [0.1, 0.15) is 5.82 Å². The number of nitrogens with one attached hydrogen (secondary N) is 1. The van der Waals surface area contributed by atoms with Gasteiger partial charge in [0.25, 0.3) is 5.91 Å². The molecule has 1 aromatic carbocycles. The molecule has 1 amide bonds. The van der Waals surface area contributed by atoms with Crippen LogP contribution < -0.4 is 16.8 Å². The lowest BCUT2D eigenvalue weighted by Crippen LogP contribution is -2.15. The van der Waals surface area contributed by atoms with Crippen molar-refractivity contribution < 1.29 is 4.79 Å². The molecular weight excluding hydrogens is 254 g/mol. The summed E-state index contributed by atoms with van der Waals surface area (Å²) in [5.41, 5.74) is 13.6. The first kappa shape index (κ1) is 13.4. The molecule has 0 unspecified atom stereocenters. The van der Waals surface area contributed by atoms with Gasteiger partial charge in [-0.3, -0.25) is 4.79 Å². The number of carbonyl (C=O) groups is 1. The third kappa shape index (κ3) is 2.67. The van der Waals surface area contributed by atoms with Crippen molar-refractivity contribution in [3.63, 3.8) is 0 Å². The van der Waals surface area contributed by atoms with Crippen LogP contribution in [0.15, 0.2) is 30.5 Å². The molecule has 0 radical (unpaired) electrons. The number of nitriles is 1. The number of nitrogen functional groups attached to an aromatic ring is 1. The Morgan fingerprint density at radius 2 is 2.15 bits per heavy atom. The quantitative estimate of drug-likeness (QED) is 0.782. The molecule has 2 rings (SSSR count). The molecular formula is C14H13N5O. The predicted molar refractivity (Wildman–Crippen MR) is 76.3 cm³/mol. The number of nitrogens with two attached hydrogens (primary N) is 2. The van der Waals surface area contributed by atoms with Crippen molar-refractivity contribution in [1.82, 2.24) is 4.98 Å². The van der Waals surface area contributed by atoms with Gasteiger partial charge in [-0.15, -0.1) is 0 Å². The van der Waals surface area contributed by atoms with E-state index in [1.54, 1.807) is 12.1 Å². The summed E-state index contributed by atoms with van der Waals surface area (Å²) in [7, 11) is 0. The molecule has 0 saturated carbocycles. The van der Waals surface area contributed by atoms with Crippen LogP contribution in [-0.4, -0.2) is 10.9 Å². The maximum absolute atomic E-state index is 11.4. The van der Waals surface area contributed by atoms with E-state index in [0.717, 1.165) is 5.56 Å². The third-order valence-corrected chi connectivity index (χ3v) is 2.79. The number of aromatic nitrogens is 1. The first-order chi connectivity index (χ1) is 9.51. The Hall–Kier alpha value is -3.07. The molecule has 0 atom stereocenters. The highest BCUT2D eigenvalue weighted by molar-refractivity contribution is 5.99. The number of anilines is 3. The van der Waals surface area contributed by atoms with Gasteiger partial charge < -0.3 is 16.8 Å². The van der Waals surface area contributed by atoms with Crippen molar-refractivity contribution in [3.8, 4) is 6.07 Å². The van der Waals surface area contributed by atoms with Crippen LogP contribution in [-0.2, 0) is 0 Å². The zero-order chi connectivity index (χ0) is 14.7. The summed E-state index contributed by atoms with van der Waals surface area (Å²) in [4.78, 5) is 15.5. The lowest BCUT2D eigenvalue weighted by molar-refractivity contribution is 0.100. The van der Waals surface area contributed by atoms with Crippen LogP contribution in [0, 0.1) is 18.3 Å². The molecule has 0 saturated heterocycles. The molecule has 0 bridgehead atoms. The number of rotatable bonds is 3. The molecule has 6 nitrogen and oxygen atoms in total. The molecule has 0 aliphatic carbocycles. The van der Waals surface area contributed by atoms with E-state index in [9.17, 15) is 4.79 Å². The van der Waals surface area contributed by atoms with E-state index >= 15 is 0 Å². The number of hydrogen-bond donors (Lipinski definition) is 3. The number of carbonyl (C=O) groups excluding carboxylic acids is 1. The summed E-state index contributed by atoms with van der Waals surface area (Å²) in [6.07, 6.45) is 1.43. The Labute approximate surface area is 116 Å². The van der Waals surface area contributed by atoms with Crippen LogP contribution in [0.3, 0.4) is 0 Å². The second kappa shape index (κ2) is 5.28. The summed E-state index contributed by atoms with van der Waals surface area (Å²) >= 11 is 0. The van der Waals surface area contributed by atoms with Crippen LogP contribution in [0.5, 0.6) is 0 Å². The number of pyridine rings is 1. The van der Waals surface area contributed by atoms with Crippen LogP contribution >= 0.6 is 0 Å². The fraction of sp³-hybridized carbons (Fsp3) is 0.0714. The molecule has 20 heavy (non-hydrogen) atoms. The molecule has 2 aromatic rings. The molecule has 6 heteroatoms. The average Bonchev–Trinajstić information content (AvgIpc) is 2.42. The van der Waals surface area contributed by atoms with E-state index in [4.69, 9.17) is 16.7 Å². The second-order valence-electron chi connectivity index (χ2n) is 4.30. The van der Waals surface area contributed by atoms with Gasteiger partial charge in [0, 0.05) is 5.69 Å². The highest BCUT2D eigenvalue weighted by atomic mass is 16.1. The van der Waals surface area contributed by atoms with E-state index in [0.29, 0.717) is 22.8 Å². The fourth-order valence-corrected chi connectivity index (χ4v) is 1.72. The molecule has 0 spiro atoms. The average molecular weight is 267 g/mol. The fourth-order valence-electron chi connectivity index (χ4n) is 1.72. The number of amides is 1. The zero-order valence-corrected chi connectivity index (χ0v) is 10.8. The normalized spacial score (nSPS) is 9.80. The van der Waals surface area contributed by atoms with Crippen LogP contribution in [0.2, 0.25) is 0 Å². The standard InChI is InChI=1S/C14H13N5O/c1-8-2-3-9(6-15)4-12(8)19-14-11(13(17)20)5-10(16)7-18-14/h2-5,7H,16H2,1H3,(H2,17,20)(H,18,19). The molecule has 1 aromatic heterocycles. The number of hydrogen-bond acceptors (Lipinski definition) is 5. The predicted octanol–water partition coefficient (Wildman–Crippen LogP) is 1.69. The first-order valence-corrected chi connectivity index (χ1v) is 5.84. The molecule has 0 fully saturated rings. The van der Waals surface area contributed by atoms with Gasteiger partial charge >= 0.3 is 0 Å². The SMILES string of the molecule is Cc1ccc(C#N)cc1Nc1ncc(N)cc1C(N)=O. The monoisotopic (exact) mass is 267 g/mol. The number of primary amides is 1. The number of aryl methyl sites for hydroxylation is 1. The van der Waals surface area contributed by atoms with Gasteiger partial charge in [0.05, 0.1) is 29.1 Å². The maximum atomic E-state index is 11.4. The van der Waals surface area contributed by atoms with Gasteiger partial charge in [0.15, 0.2) is 0 Å². The number of nitrogens with zero attached hydrogens (tertiary/aromatic N) is 2. The minimum atomic E-state index is -0.624. The molecule has 100 valence electrons. The van der Waals surface area contributed by atoms with Crippen molar-refractivity contribution in [2.45, 2.75) is 6.92 Å². The smallest absolute Gasteiger partial charge is 0.252 e. The number of benzene rings is 1. The van der Waals surface area contributed by atoms with Crippen LogP contribution in [0.25, 0.3) is 0 Å². The summed E-state index contributed by atoms with van der Waals surface area (Å²) in [5.74, 6) is -0.314. The molecule has 1 heterocycles. The van der Waals surface area contributed by atoms with Gasteiger partial charge in [-0.2, -0.15) is 5.26 Å². The third-order valence-electron chi connectivity index (χ3n) is 2.79. The van der Waals surface area contributed by atoms with Crippen molar-refractivity contribution in [2.75, 3.05) is 11.1 Å². The minimum absolute atomic E-state index is 0.201. The van der Waals surface area contributed by atoms with Gasteiger partial charge in [0.2, 0.25) is 0 Å². The van der Waals surface area contributed by atoms with Gasteiger partial charge in [-0.25, -0.2) is 4.98 Å². The van der Waals surface area contributed by atoms with Gasteiger partial charge in [-0.05, 0) is 30.7 Å². The van der Waals surface area contributed by atoms with Gasteiger partial charge in [-0.1, -0.05) is 6.07 Å². The Morgan fingerprint density at radius 1 is 1.40 bits per heavy atom. The molecule has 0 aliphatic rings. The van der Waals surface area contributed by atoms with E-state index in [1.165, 1.54) is 12.3 Å². The van der Waals surface area contributed by atoms with E-state index in [1.807, 2.05) is 13.0 Å². The van der Waals surface area contributed by atoms with Crippen molar-refractivity contribution in [1.29, 1.82) is 5.26 Å². The largest absolute Gasteiger partial charge is 0.397 e. The molecule has 0 aliphatic heterocycles. The van der Waals surface area contributed by atoms with Crippen LogP contribution in [0.1, 0.15) is 21.5 Å². The van der Waals surface area contributed by atoms with E-state index in [-0.39, 0.29) is 5.56 Å². The van der Waals surface area contributed by atoms with E-state index in [2.05, 4.69) is 16.4 Å². The summed E-state index contributed by atoms with van der Waals surface area (Å²) in [6, 6.07) is 8.71. The summed E-state index contributed by atoms with van der Waals surface area (Å²) in [5, 5.41) is 11.9. The zero-order valence-electron chi connectivity index (χ0n) is 10.8. The maximum Gasteiger partial charge on any atom is 0.252 e. The van der Waals surface area contributed by atoms with Crippen molar-refractivity contribution in [3.05, 3.63) is 47.2 Å². The lowest BCUT2D eigenvalue weighted by atomic mass is 10.1.